The average Bonchev–Trinajstić information content (AvgIpc) is 2.62. The van der Waals surface area contributed by atoms with Crippen LogP contribution in [0.15, 0.2) is 65.4 Å². The van der Waals surface area contributed by atoms with E-state index in [1.165, 1.54) is 6.20 Å². The highest BCUT2D eigenvalue weighted by molar-refractivity contribution is 9.10. The molecule has 1 unspecified atom stereocenters. The number of rotatable bonds is 7. The van der Waals surface area contributed by atoms with Crippen molar-refractivity contribution in [1.29, 1.82) is 0 Å². The van der Waals surface area contributed by atoms with Crippen molar-refractivity contribution in [2.24, 2.45) is 0 Å². The van der Waals surface area contributed by atoms with Crippen molar-refractivity contribution in [3.63, 3.8) is 0 Å². The van der Waals surface area contributed by atoms with Crippen molar-refractivity contribution in [2.75, 3.05) is 5.32 Å². The van der Waals surface area contributed by atoms with E-state index in [2.05, 4.69) is 31.5 Å². The topological polar surface area (TPSA) is 71.1 Å². The molecule has 0 radical (unpaired) electrons. The molecule has 1 aromatic carbocycles. The van der Waals surface area contributed by atoms with Crippen LogP contribution in [0.1, 0.15) is 5.56 Å². The third kappa shape index (κ3) is 6.86. The second-order valence-corrected chi connectivity index (χ2v) is 6.37. The lowest BCUT2D eigenvalue weighted by Gasteiger charge is -2.17. The number of hydrogen-bond acceptors (Lipinski definition) is 4. The second kappa shape index (κ2) is 9.31. The fourth-order valence-corrected chi connectivity index (χ4v) is 2.31. The van der Waals surface area contributed by atoms with E-state index in [0.717, 1.165) is 16.2 Å². The Labute approximate surface area is 161 Å². The highest BCUT2D eigenvalue weighted by atomic mass is 79.9. The SMILES string of the molecule is O=C(Nc1ccc(Br)cn1)C(Cc1ccccc1)NC=CC(=O)C(F)(F)F. The standard InChI is InChI=1S/C18H15BrF3N3O2/c19-13-6-7-16(24-11-13)25-17(27)14(10-12-4-2-1-3-5-12)23-9-8-15(26)18(20,21)22/h1-9,11,14,23H,10H2,(H,24,25,27). The van der Waals surface area contributed by atoms with Gasteiger partial charge in [0, 0.05) is 29.4 Å². The molecule has 1 heterocycles. The van der Waals surface area contributed by atoms with Crippen LogP contribution in [-0.4, -0.2) is 28.9 Å². The fraction of sp³-hybridized carbons (Fsp3) is 0.167. The molecule has 2 rings (SSSR count). The van der Waals surface area contributed by atoms with E-state index >= 15 is 0 Å². The van der Waals surface area contributed by atoms with Gasteiger partial charge in [0.25, 0.3) is 5.78 Å². The summed E-state index contributed by atoms with van der Waals surface area (Å²) in [6, 6.07) is 11.3. The summed E-state index contributed by atoms with van der Waals surface area (Å²) >= 11 is 3.23. The van der Waals surface area contributed by atoms with Gasteiger partial charge in [0.15, 0.2) is 0 Å². The van der Waals surface area contributed by atoms with Crippen molar-refractivity contribution < 1.29 is 22.8 Å². The summed E-state index contributed by atoms with van der Waals surface area (Å²) in [5.74, 6) is -2.22. The van der Waals surface area contributed by atoms with E-state index in [1.807, 2.05) is 0 Å². The number of anilines is 1. The number of alkyl halides is 3. The lowest BCUT2D eigenvalue weighted by Crippen LogP contribution is -2.40. The molecular formula is C18H15BrF3N3O2. The summed E-state index contributed by atoms with van der Waals surface area (Å²) in [4.78, 5) is 27.5. The summed E-state index contributed by atoms with van der Waals surface area (Å²) in [6.07, 6.45) is -2.08. The molecule has 142 valence electrons. The Hall–Kier alpha value is -2.68. The number of amides is 1. The maximum Gasteiger partial charge on any atom is 0.454 e. The van der Waals surface area contributed by atoms with Gasteiger partial charge in [0.05, 0.1) is 0 Å². The number of ketones is 1. The van der Waals surface area contributed by atoms with Crippen LogP contribution in [0.2, 0.25) is 0 Å². The molecule has 0 aliphatic heterocycles. The smallest absolute Gasteiger partial charge is 0.379 e. The van der Waals surface area contributed by atoms with E-state index in [0.29, 0.717) is 11.9 Å². The van der Waals surface area contributed by atoms with Crippen LogP contribution in [0.25, 0.3) is 0 Å². The van der Waals surface area contributed by atoms with Crippen molar-refractivity contribution in [3.8, 4) is 0 Å². The minimum Gasteiger partial charge on any atom is -0.379 e. The van der Waals surface area contributed by atoms with Crippen molar-refractivity contribution in [3.05, 3.63) is 71.0 Å². The van der Waals surface area contributed by atoms with Gasteiger partial charge >= 0.3 is 6.18 Å². The van der Waals surface area contributed by atoms with Gasteiger partial charge in [-0.25, -0.2) is 4.98 Å². The highest BCUT2D eigenvalue weighted by Gasteiger charge is 2.36. The van der Waals surface area contributed by atoms with Crippen molar-refractivity contribution in [1.82, 2.24) is 10.3 Å². The zero-order valence-electron chi connectivity index (χ0n) is 13.8. The Bertz CT molecular complexity index is 809. The summed E-state index contributed by atoms with van der Waals surface area (Å²) < 4.78 is 37.6. The summed E-state index contributed by atoms with van der Waals surface area (Å²) in [5, 5.41) is 5.14. The van der Waals surface area contributed by atoms with Crippen LogP contribution in [0.4, 0.5) is 19.0 Å². The predicted octanol–water partition coefficient (Wildman–Crippen LogP) is 3.63. The minimum absolute atomic E-state index is 0.202. The largest absolute Gasteiger partial charge is 0.454 e. The van der Waals surface area contributed by atoms with Crippen LogP contribution in [-0.2, 0) is 16.0 Å². The fourth-order valence-electron chi connectivity index (χ4n) is 2.07. The van der Waals surface area contributed by atoms with Gasteiger partial charge in [-0.1, -0.05) is 30.3 Å². The first-order valence-electron chi connectivity index (χ1n) is 7.76. The molecule has 1 aromatic heterocycles. The molecule has 1 amide bonds. The van der Waals surface area contributed by atoms with Gasteiger partial charge in [0.1, 0.15) is 11.9 Å². The van der Waals surface area contributed by atoms with E-state index in [9.17, 15) is 22.8 Å². The molecule has 0 aliphatic rings. The molecule has 9 heteroatoms. The zero-order chi connectivity index (χ0) is 19.9. The number of benzene rings is 1. The molecular weight excluding hydrogens is 427 g/mol. The van der Waals surface area contributed by atoms with Crippen molar-refractivity contribution >= 4 is 33.4 Å². The van der Waals surface area contributed by atoms with Crippen LogP contribution in [0.3, 0.4) is 0 Å². The van der Waals surface area contributed by atoms with Gasteiger partial charge in [-0.15, -0.1) is 0 Å². The molecule has 2 aromatic rings. The lowest BCUT2D eigenvalue weighted by molar-refractivity contribution is -0.165. The van der Waals surface area contributed by atoms with Gasteiger partial charge in [-0.2, -0.15) is 13.2 Å². The van der Waals surface area contributed by atoms with Crippen LogP contribution >= 0.6 is 15.9 Å². The molecule has 27 heavy (non-hydrogen) atoms. The Kier molecular flexibility index (Phi) is 7.12. The molecule has 0 bridgehead atoms. The average molecular weight is 442 g/mol. The van der Waals surface area contributed by atoms with Gasteiger partial charge < -0.3 is 10.6 Å². The summed E-state index contributed by atoms with van der Waals surface area (Å²) in [6.45, 7) is 0. The van der Waals surface area contributed by atoms with Crippen molar-refractivity contribution in [2.45, 2.75) is 18.6 Å². The molecule has 0 aliphatic carbocycles. The zero-order valence-corrected chi connectivity index (χ0v) is 15.4. The monoisotopic (exact) mass is 441 g/mol. The normalized spacial score (nSPS) is 12.6. The van der Waals surface area contributed by atoms with Gasteiger partial charge in [-0.05, 0) is 33.6 Å². The van der Waals surface area contributed by atoms with Gasteiger partial charge in [-0.3, -0.25) is 9.59 Å². The first-order valence-corrected chi connectivity index (χ1v) is 8.55. The highest BCUT2D eigenvalue weighted by Crippen LogP contribution is 2.16. The molecule has 0 fully saturated rings. The first-order chi connectivity index (χ1) is 12.8. The molecule has 0 saturated carbocycles. The van der Waals surface area contributed by atoms with Crippen LogP contribution < -0.4 is 10.6 Å². The number of carbonyl (C=O) groups is 2. The number of aromatic nitrogens is 1. The first kappa shape index (κ1) is 20.6. The third-order valence-corrected chi connectivity index (χ3v) is 3.86. The predicted molar refractivity (Wildman–Crippen MR) is 97.8 cm³/mol. The number of nitrogens with one attached hydrogen (secondary N) is 2. The van der Waals surface area contributed by atoms with Crippen LogP contribution in [0.5, 0.6) is 0 Å². The van der Waals surface area contributed by atoms with Gasteiger partial charge in [0.2, 0.25) is 5.91 Å². The number of hydrogen-bond donors (Lipinski definition) is 2. The molecule has 0 saturated heterocycles. The quantitative estimate of drug-likeness (QED) is 0.643. The Balaban J connectivity index is 2.10. The second-order valence-electron chi connectivity index (χ2n) is 5.46. The Morgan fingerprint density at radius 2 is 1.85 bits per heavy atom. The molecule has 5 nitrogen and oxygen atoms in total. The lowest BCUT2D eigenvalue weighted by atomic mass is 10.1. The maximum absolute atomic E-state index is 12.5. The summed E-state index contributed by atoms with van der Waals surface area (Å²) in [5.41, 5.74) is 0.796. The number of allylic oxidation sites excluding steroid dienone is 1. The van der Waals surface area contributed by atoms with E-state index in [4.69, 9.17) is 0 Å². The number of halogens is 4. The number of carbonyl (C=O) groups excluding carboxylic acids is 2. The Morgan fingerprint density at radius 1 is 1.15 bits per heavy atom. The molecule has 2 N–H and O–H groups in total. The van der Waals surface area contributed by atoms with E-state index in [1.54, 1.807) is 42.5 Å². The summed E-state index contributed by atoms with van der Waals surface area (Å²) in [7, 11) is 0. The molecule has 0 spiro atoms. The third-order valence-electron chi connectivity index (χ3n) is 3.39. The number of nitrogens with zero attached hydrogens (tertiary/aromatic N) is 1. The Morgan fingerprint density at radius 3 is 2.44 bits per heavy atom. The maximum atomic E-state index is 12.5. The number of pyridine rings is 1. The minimum atomic E-state index is -4.96. The van der Waals surface area contributed by atoms with E-state index in [-0.39, 0.29) is 6.42 Å². The van der Waals surface area contributed by atoms with E-state index < -0.39 is 23.9 Å². The molecule has 1 atom stereocenters. The van der Waals surface area contributed by atoms with Crippen LogP contribution in [0, 0.1) is 0 Å².